The quantitative estimate of drug-likeness (QED) is 0.544. The summed E-state index contributed by atoms with van der Waals surface area (Å²) < 4.78 is 0. The van der Waals surface area contributed by atoms with Crippen LogP contribution in [0.3, 0.4) is 0 Å². The van der Waals surface area contributed by atoms with Gasteiger partial charge in [0.15, 0.2) is 0 Å². The van der Waals surface area contributed by atoms with Crippen molar-refractivity contribution in [1.29, 1.82) is 0 Å². The second-order valence-corrected chi connectivity index (χ2v) is 7.40. The first kappa shape index (κ1) is 18.3. The molecule has 1 aromatic heterocycles. The SMILES string of the molecule is C[C@](Cc1c[nH]c2ccccc12)(NC(=O)O)C(=O)NC1(CO)CCCC1. The average Bonchev–Trinajstić information content (AvgIpc) is 3.22. The first-order valence-corrected chi connectivity index (χ1v) is 8.87. The molecule has 1 fully saturated rings. The van der Waals surface area contributed by atoms with Crippen molar-refractivity contribution in [3.8, 4) is 0 Å². The minimum absolute atomic E-state index is 0.144. The normalized spacial score (nSPS) is 18.4. The number of aliphatic hydroxyl groups excluding tert-OH is 1. The monoisotopic (exact) mass is 359 g/mol. The summed E-state index contributed by atoms with van der Waals surface area (Å²) in [4.78, 5) is 27.5. The van der Waals surface area contributed by atoms with Crippen LogP contribution in [0, 0.1) is 0 Å². The Labute approximate surface area is 151 Å². The van der Waals surface area contributed by atoms with E-state index in [-0.39, 0.29) is 13.0 Å². The summed E-state index contributed by atoms with van der Waals surface area (Å²) >= 11 is 0. The third-order valence-electron chi connectivity index (χ3n) is 5.34. The van der Waals surface area contributed by atoms with Crippen LogP contribution < -0.4 is 10.6 Å². The van der Waals surface area contributed by atoms with Crippen LogP contribution in [0.5, 0.6) is 0 Å². The summed E-state index contributed by atoms with van der Waals surface area (Å²) in [5, 5.41) is 25.3. The number of rotatable bonds is 6. The van der Waals surface area contributed by atoms with Gasteiger partial charge in [-0.3, -0.25) is 4.79 Å². The van der Waals surface area contributed by atoms with Gasteiger partial charge in [0.2, 0.25) is 5.91 Å². The fraction of sp³-hybridized carbons (Fsp3) is 0.474. The Morgan fingerprint density at radius 2 is 1.96 bits per heavy atom. The molecule has 0 bridgehead atoms. The molecule has 1 saturated carbocycles. The molecule has 0 radical (unpaired) electrons. The summed E-state index contributed by atoms with van der Waals surface area (Å²) in [5.74, 6) is -0.416. The molecule has 1 aromatic carbocycles. The first-order valence-electron chi connectivity index (χ1n) is 8.87. The van der Waals surface area contributed by atoms with E-state index in [0.717, 1.165) is 29.3 Å². The highest BCUT2D eigenvalue weighted by Crippen LogP contribution is 2.30. The number of carbonyl (C=O) groups excluding carboxylic acids is 1. The number of amides is 2. The highest BCUT2D eigenvalue weighted by Gasteiger charge is 2.42. The van der Waals surface area contributed by atoms with Gasteiger partial charge >= 0.3 is 6.09 Å². The Hall–Kier alpha value is -2.54. The predicted octanol–water partition coefficient (Wildman–Crippen LogP) is 2.16. The Morgan fingerprint density at radius 1 is 1.27 bits per heavy atom. The van der Waals surface area contributed by atoms with Crippen molar-refractivity contribution >= 4 is 22.9 Å². The molecule has 0 spiro atoms. The second-order valence-electron chi connectivity index (χ2n) is 7.40. The number of benzene rings is 1. The molecule has 2 amide bonds. The second kappa shape index (κ2) is 6.99. The van der Waals surface area contributed by atoms with E-state index in [0.29, 0.717) is 12.8 Å². The lowest BCUT2D eigenvalue weighted by Gasteiger charge is -2.35. The van der Waals surface area contributed by atoms with Crippen LogP contribution in [0.1, 0.15) is 38.2 Å². The fourth-order valence-corrected chi connectivity index (χ4v) is 3.83. The van der Waals surface area contributed by atoms with Crippen LogP contribution >= 0.6 is 0 Å². The third-order valence-corrected chi connectivity index (χ3v) is 5.34. The van der Waals surface area contributed by atoms with Gasteiger partial charge in [-0.2, -0.15) is 0 Å². The number of carbonyl (C=O) groups is 2. The van der Waals surface area contributed by atoms with Crippen molar-refractivity contribution < 1.29 is 19.8 Å². The molecule has 2 aromatic rings. The minimum Gasteiger partial charge on any atom is -0.465 e. The third kappa shape index (κ3) is 3.53. The zero-order valence-corrected chi connectivity index (χ0v) is 14.8. The van der Waals surface area contributed by atoms with Crippen LogP contribution in [0.2, 0.25) is 0 Å². The number of aromatic nitrogens is 1. The molecule has 140 valence electrons. The zero-order chi connectivity index (χ0) is 18.8. The molecule has 0 aliphatic heterocycles. The Kier molecular flexibility index (Phi) is 4.91. The summed E-state index contributed by atoms with van der Waals surface area (Å²) in [7, 11) is 0. The number of para-hydroxylation sites is 1. The number of hydrogen-bond acceptors (Lipinski definition) is 3. The summed E-state index contributed by atoms with van der Waals surface area (Å²) in [6.07, 6.45) is 4.02. The van der Waals surface area contributed by atoms with Crippen molar-refractivity contribution in [2.45, 2.75) is 50.1 Å². The summed E-state index contributed by atoms with van der Waals surface area (Å²) in [6.45, 7) is 1.44. The number of fused-ring (bicyclic) bond motifs is 1. The van der Waals surface area contributed by atoms with Crippen LogP contribution in [0.4, 0.5) is 4.79 Å². The molecule has 0 saturated heterocycles. The van der Waals surface area contributed by atoms with E-state index in [9.17, 15) is 19.8 Å². The molecule has 26 heavy (non-hydrogen) atoms. The van der Waals surface area contributed by atoms with Gasteiger partial charge in [-0.25, -0.2) is 4.79 Å². The zero-order valence-electron chi connectivity index (χ0n) is 14.8. The average molecular weight is 359 g/mol. The van der Waals surface area contributed by atoms with Crippen LogP contribution in [0.25, 0.3) is 10.9 Å². The number of H-pyrrole nitrogens is 1. The molecular formula is C19H25N3O4. The summed E-state index contributed by atoms with van der Waals surface area (Å²) in [6, 6.07) is 7.68. The molecule has 5 N–H and O–H groups in total. The maximum Gasteiger partial charge on any atom is 0.405 e. The topological polar surface area (TPSA) is 114 Å². The van der Waals surface area contributed by atoms with Gasteiger partial charge in [0.25, 0.3) is 0 Å². The van der Waals surface area contributed by atoms with Crippen molar-refractivity contribution in [3.05, 3.63) is 36.0 Å². The van der Waals surface area contributed by atoms with Crippen molar-refractivity contribution in [2.24, 2.45) is 0 Å². The van der Waals surface area contributed by atoms with E-state index in [4.69, 9.17) is 0 Å². The van der Waals surface area contributed by atoms with Gasteiger partial charge in [0.05, 0.1) is 12.1 Å². The lowest BCUT2D eigenvalue weighted by Crippen LogP contribution is -2.63. The van der Waals surface area contributed by atoms with Crippen LogP contribution in [0.15, 0.2) is 30.5 Å². The lowest BCUT2D eigenvalue weighted by atomic mass is 9.89. The van der Waals surface area contributed by atoms with Gasteiger partial charge in [-0.05, 0) is 31.4 Å². The minimum atomic E-state index is -1.35. The number of aliphatic hydroxyl groups is 1. The molecule has 7 nitrogen and oxygen atoms in total. The van der Waals surface area contributed by atoms with E-state index < -0.39 is 23.1 Å². The Bertz CT molecular complexity index is 810. The van der Waals surface area contributed by atoms with Gasteiger partial charge in [0.1, 0.15) is 5.54 Å². The number of carboxylic acid groups (broad SMARTS) is 1. The van der Waals surface area contributed by atoms with E-state index >= 15 is 0 Å². The maximum atomic E-state index is 13.0. The summed E-state index contributed by atoms with van der Waals surface area (Å²) in [5.41, 5.74) is -0.208. The van der Waals surface area contributed by atoms with Gasteiger partial charge in [0, 0.05) is 23.5 Å². The predicted molar refractivity (Wildman–Crippen MR) is 98.0 cm³/mol. The van der Waals surface area contributed by atoms with E-state index in [2.05, 4.69) is 15.6 Å². The molecular weight excluding hydrogens is 334 g/mol. The van der Waals surface area contributed by atoms with Gasteiger partial charge in [-0.15, -0.1) is 0 Å². The van der Waals surface area contributed by atoms with E-state index in [1.54, 1.807) is 13.1 Å². The standard InChI is InChI=1S/C19H25N3O4/c1-18(22-17(25)26,16(24)21-19(12-23)8-4-5-9-19)10-13-11-20-15-7-3-2-6-14(13)15/h2-3,6-7,11,20,22-23H,4-5,8-10,12H2,1H3,(H,21,24)(H,25,26)/t18-/m1/s1. The highest BCUT2D eigenvalue weighted by molar-refractivity contribution is 5.91. The van der Waals surface area contributed by atoms with Crippen molar-refractivity contribution in [3.63, 3.8) is 0 Å². The maximum absolute atomic E-state index is 13.0. The van der Waals surface area contributed by atoms with Gasteiger partial charge in [-0.1, -0.05) is 31.0 Å². The smallest absolute Gasteiger partial charge is 0.405 e. The Balaban J connectivity index is 1.88. The first-order chi connectivity index (χ1) is 12.4. The fourth-order valence-electron chi connectivity index (χ4n) is 3.83. The lowest BCUT2D eigenvalue weighted by molar-refractivity contribution is -0.129. The van der Waals surface area contributed by atoms with Crippen molar-refractivity contribution in [1.82, 2.24) is 15.6 Å². The number of nitrogens with one attached hydrogen (secondary N) is 3. The molecule has 1 heterocycles. The molecule has 1 aliphatic carbocycles. The molecule has 1 atom stereocenters. The van der Waals surface area contributed by atoms with Crippen molar-refractivity contribution in [2.75, 3.05) is 6.61 Å². The van der Waals surface area contributed by atoms with Crippen LogP contribution in [-0.4, -0.2) is 44.9 Å². The van der Waals surface area contributed by atoms with Gasteiger partial charge < -0.3 is 25.8 Å². The largest absolute Gasteiger partial charge is 0.465 e. The van der Waals surface area contributed by atoms with E-state index in [1.165, 1.54) is 0 Å². The van der Waals surface area contributed by atoms with E-state index in [1.807, 2.05) is 24.3 Å². The molecule has 1 aliphatic rings. The molecule has 3 rings (SSSR count). The highest BCUT2D eigenvalue weighted by atomic mass is 16.4. The number of hydrogen-bond donors (Lipinski definition) is 5. The molecule has 0 unspecified atom stereocenters. The number of aromatic amines is 1. The Morgan fingerprint density at radius 3 is 2.62 bits per heavy atom. The molecule has 7 heteroatoms. The van der Waals surface area contributed by atoms with Crippen LogP contribution in [-0.2, 0) is 11.2 Å².